The Balaban J connectivity index is 2.05. The maximum Gasteiger partial charge on any atom is 0.196 e. The molecule has 0 heterocycles. The zero-order valence-electron chi connectivity index (χ0n) is 12.4. The number of rotatable bonds is 1. The highest BCUT2D eigenvalue weighted by Crippen LogP contribution is 2.38. The molecule has 0 bridgehead atoms. The number of ketones is 2. The second kappa shape index (κ2) is 5.62. The summed E-state index contributed by atoms with van der Waals surface area (Å²) >= 11 is 10.7. The first kappa shape index (κ1) is 15.2. The average Bonchev–Trinajstić information content (AvgIpc) is 2.59. The van der Waals surface area contributed by atoms with Crippen molar-refractivity contribution in [3.05, 3.63) is 87.9 Å². The van der Waals surface area contributed by atoms with Crippen LogP contribution in [0.25, 0.3) is 11.1 Å². The van der Waals surface area contributed by atoms with Gasteiger partial charge in [-0.25, -0.2) is 0 Å². The number of carbonyl (C=O) groups excluding carboxylic acids is 2. The highest BCUT2D eigenvalue weighted by molar-refractivity contribution is 7.80. The fourth-order valence-corrected chi connectivity index (χ4v) is 3.67. The van der Waals surface area contributed by atoms with E-state index in [2.05, 4.69) is 12.6 Å². The Labute approximate surface area is 149 Å². The molecule has 0 radical (unpaired) electrons. The van der Waals surface area contributed by atoms with E-state index in [1.807, 2.05) is 24.3 Å². The molecule has 116 valence electrons. The lowest BCUT2D eigenvalue weighted by atomic mass is 9.80. The van der Waals surface area contributed by atoms with E-state index >= 15 is 0 Å². The topological polar surface area (TPSA) is 34.1 Å². The molecule has 0 aliphatic heterocycles. The minimum atomic E-state index is -0.194. The van der Waals surface area contributed by atoms with Crippen molar-refractivity contribution in [1.82, 2.24) is 0 Å². The molecule has 4 heteroatoms. The highest BCUT2D eigenvalue weighted by atomic mass is 35.5. The van der Waals surface area contributed by atoms with Crippen LogP contribution in [-0.4, -0.2) is 11.6 Å². The molecule has 0 saturated carbocycles. The van der Waals surface area contributed by atoms with Gasteiger partial charge in [-0.1, -0.05) is 60.1 Å². The predicted molar refractivity (Wildman–Crippen MR) is 97.4 cm³/mol. The summed E-state index contributed by atoms with van der Waals surface area (Å²) in [6.07, 6.45) is 0. The van der Waals surface area contributed by atoms with E-state index in [9.17, 15) is 9.59 Å². The Morgan fingerprint density at radius 2 is 1.21 bits per heavy atom. The Hall–Kier alpha value is -2.36. The number of carbonyl (C=O) groups is 2. The first-order chi connectivity index (χ1) is 11.6. The van der Waals surface area contributed by atoms with Crippen LogP contribution in [0.4, 0.5) is 0 Å². The summed E-state index contributed by atoms with van der Waals surface area (Å²) in [6, 6.07) is 17.7. The number of fused-ring (bicyclic) bond motifs is 2. The SMILES string of the molecule is O=C1c2cccc(S)c2C(=O)c2c1cccc2-c1ccccc1Cl. The molecule has 2 nitrogen and oxygen atoms in total. The van der Waals surface area contributed by atoms with Crippen molar-refractivity contribution < 1.29 is 9.59 Å². The molecule has 0 spiro atoms. The maximum absolute atomic E-state index is 13.1. The van der Waals surface area contributed by atoms with Crippen LogP contribution in [0.15, 0.2) is 65.6 Å². The summed E-state index contributed by atoms with van der Waals surface area (Å²) in [7, 11) is 0. The molecule has 0 N–H and O–H groups in total. The van der Waals surface area contributed by atoms with E-state index in [0.29, 0.717) is 37.7 Å². The summed E-state index contributed by atoms with van der Waals surface area (Å²) in [6.45, 7) is 0. The molecule has 0 fully saturated rings. The predicted octanol–water partition coefficient (Wildman–Crippen LogP) is 5.07. The molecule has 4 rings (SSSR count). The Kier molecular flexibility index (Phi) is 3.56. The van der Waals surface area contributed by atoms with E-state index in [0.717, 1.165) is 5.56 Å². The van der Waals surface area contributed by atoms with Crippen LogP contribution in [0.5, 0.6) is 0 Å². The molecule has 1 aliphatic carbocycles. The van der Waals surface area contributed by atoms with Gasteiger partial charge >= 0.3 is 0 Å². The summed E-state index contributed by atoms with van der Waals surface area (Å²) in [4.78, 5) is 26.5. The van der Waals surface area contributed by atoms with Crippen LogP contribution >= 0.6 is 24.2 Å². The molecular formula is C20H11ClO2S. The van der Waals surface area contributed by atoms with E-state index in [1.165, 1.54) is 0 Å². The van der Waals surface area contributed by atoms with Gasteiger partial charge in [-0.2, -0.15) is 0 Å². The molecule has 0 saturated heterocycles. The summed E-state index contributed by atoms with van der Waals surface area (Å²) < 4.78 is 0. The van der Waals surface area contributed by atoms with Gasteiger partial charge in [0.05, 0.1) is 0 Å². The molecule has 0 atom stereocenters. The fraction of sp³-hybridized carbons (Fsp3) is 0. The van der Waals surface area contributed by atoms with E-state index in [1.54, 1.807) is 36.4 Å². The van der Waals surface area contributed by atoms with Crippen molar-refractivity contribution >= 4 is 35.8 Å². The van der Waals surface area contributed by atoms with Crippen molar-refractivity contribution in [3.8, 4) is 11.1 Å². The Morgan fingerprint density at radius 1 is 0.625 bits per heavy atom. The zero-order valence-corrected chi connectivity index (χ0v) is 14.1. The summed E-state index contributed by atoms with van der Waals surface area (Å²) in [5.41, 5.74) is 2.96. The Bertz CT molecular complexity index is 1020. The van der Waals surface area contributed by atoms with Gasteiger partial charge in [0.2, 0.25) is 0 Å². The van der Waals surface area contributed by atoms with Crippen LogP contribution < -0.4 is 0 Å². The summed E-state index contributed by atoms with van der Waals surface area (Å²) in [5, 5.41) is 0.538. The number of benzene rings is 3. The van der Waals surface area contributed by atoms with Gasteiger partial charge in [-0.05, 0) is 17.7 Å². The molecular weight excluding hydrogens is 340 g/mol. The third-order valence-electron chi connectivity index (χ3n) is 4.21. The van der Waals surface area contributed by atoms with E-state index in [-0.39, 0.29) is 11.6 Å². The molecule has 0 unspecified atom stereocenters. The van der Waals surface area contributed by atoms with Gasteiger partial charge in [0.1, 0.15) is 0 Å². The third kappa shape index (κ3) is 2.13. The fourth-order valence-electron chi connectivity index (χ4n) is 3.13. The third-order valence-corrected chi connectivity index (χ3v) is 4.92. The van der Waals surface area contributed by atoms with Gasteiger partial charge in [-0.3, -0.25) is 9.59 Å². The van der Waals surface area contributed by atoms with E-state index < -0.39 is 0 Å². The van der Waals surface area contributed by atoms with Crippen LogP contribution in [0.2, 0.25) is 5.02 Å². The minimum absolute atomic E-state index is 0.163. The van der Waals surface area contributed by atoms with E-state index in [4.69, 9.17) is 11.6 Å². The smallest absolute Gasteiger partial charge is 0.196 e. The number of hydrogen-bond donors (Lipinski definition) is 1. The van der Waals surface area contributed by atoms with Crippen LogP contribution in [0.3, 0.4) is 0 Å². The lowest BCUT2D eigenvalue weighted by molar-refractivity contribution is 0.0977. The molecule has 24 heavy (non-hydrogen) atoms. The van der Waals surface area contributed by atoms with Crippen molar-refractivity contribution in [1.29, 1.82) is 0 Å². The zero-order chi connectivity index (χ0) is 16.8. The largest absolute Gasteiger partial charge is 0.289 e. The second-order valence-corrected chi connectivity index (χ2v) is 6.45. The van der Waals surface area contributed by atoms with Gasteiger partial charge in [0.15, 0.2) is 11.6 Å². The monoisotopic (exact) mass is 350 g/mol. The normalized spacial score (nSPS) is 12.8. The maximum atomic E-state index is 13.1. The van der Waals surface area contributed by atoms with Gasteiger partial charge in [0.25, 0.3) is 0 Å². The van der Waals surface area contributed by atoms with Crippen LogP contribution in [0.1, 0.15) is 31.8 Å². The molecule has 3 aromatic rings. The second-order valence-electron chi connectivity index (χ2n) is 5.57. The Morgan fingerprint density at radius 3 is 1.96 bits per heavy atom. The lowest BCUT2D eigenvalue weighted by Crippen LogP contribution is -2.22. The number of hydrogen-bond acceptors (Lipinski definition) is 3. The van der Waals surface area contributed by atoms with Crippen molar-refractivity contribution in [3.63, 3.8) is 0 Å². The number of halogens is 1. The molecule has 0 amide bonds. The molecule has 0 aromatic heterocycles. The first-order valence-corrected chi connectivity index (χ1v) is 8.21. The minimum Gasteiger partial charge on any atom is -0.289 e. The van der Waals surface area contributed by atoms with Crippen LogP contribution in [-0.2, 0) is 0 Å². The van der Waals surface area contributed by atoms with Gasteiger partial charge < -0.3 is 0 Å². The van der Waals surface area contributed by atoms with Gasteiger partial charge in [-0.15, -0.1) is 12.6 Å². The van der Waals surface area contributed by atoms with Crippen molar-refractivity contribution in [2.75, 3.05) is 0 Å². The highest BCUT2D eigenvalue weighted by Gasteiger charge is 2.33. The van der Waals surface area contributed by atoms with Crippen molar-refractivity contribution in [2.45, 2.75) is 4.90 Å². The first-order valence-electron chi connectivity index (χ1n) is 7.39. The van der Waals surface area contributed by atoms with Gasteiger partial charge in [0, 0.05) is 37.7 Å². The average molecular weight is 351 g/mol. The standard InChI is InChI=1S/C20H11ClO2S/c21-15-9-2-1-5-11(15)12-6-3-7-13-17(12)20(23)18-14(19(13)22)8-4-10-16(18)24/h1-10,24H. The molecule has 3 aromatic carbocycles. The summed E-state index contributed by atoms with van der Waals surface area (Å²) in [5.74, 6) is -0.356. The number of thiol groups is 1. The molecule has 1 aliphatic rings. The van der Waals surface area contributed by atoms with Crippen LogP contribution in [0, 0.1) is 0 Å². The lowest BCUT2D eigenvalue weighted by Gasteiger charge is -2.21. The quantitative estimate of drug-likeness (QED) is 0.486. The van der Waals surface area contributed by atoms with Crippen molar-refractivity contribution in [2.24, 2.45) is 0 Å².